The van der Waals surface area contributed by atoms with Gasteiger partial charge in [-0.15, -0.1) is 11.3 Å². The third-order valence-corrected chi connectivity index (χ3v) is 6.35. The first kappa shape index (κ1) is 18.1. The molecule has 29 heavy (non-hydrogen) atoms. The molecule has 0 radical (unpaired) electrons. The number of aromatic nitrogens is 2. The molecule has 4 heterocycles. The van der Waals surface area contributed by atoms with Gasteiger partial charge in [0.25, 0.3) is 5.91 Å². The number of hydrogen-bond acceptors (Lipinski definition) is 6. The number of H-pyrrole nitrogens is 1. The monoisotopic (exact) mass is 408 g/mol. The minimum atomic E-state index is -0.893. The number of pyridine rings is 1. The highest BCUT2D eigenvalue weighted by Gasteiger charge is 2.33. The van der Waals surface area contributed by atoms with Gasteiger partial charge < -0.3 is 25.4 Å². The number of fused-ring (bicyclic) bond motifs is 2. The number of nitrogens with zero attached hydrogens (tertiary/aromatic N) is 2. The molecule has 1 aromatic carbocycles. The van der Waals surface area contributed by atoms with E-state index < -0.39 is 12.2 Å². The Morgan fingerprint density at radius 2 is 2.00 bits per heavy atom. The van der Waals surface area contributed by atoms with Crippen molar-refractivity contribution in [2.24, 2.45) is 0 Å². The molecule has 1 saturated heterocycles. The highest BCUT2D eigenvalue weighted by molar-refractivity contribution is 7.21. The van der Waals surface area contributed by atoms with Crippen molar-refractivity contribution in [3.8, 4) is 0 Å². The standard InChI is InChI=1S/C21H20N4O3S/c1-11-6-12-7-13(2-3-14(12)23-11)24-15-4-5-22-16-8-19(29-20(15)16)21(28)25-9-17(26)18(27)10-25/h2-8,17-18,23,26-27H,9-10H2,1H3,(H,22,24)/t17-,18-/m1/s1. The molecule has 148 valence electrons. The largest absolute Gasteiger partial charge is 0.388 e. The Kier molecular flexibility index (Phi) is 4.27. The van der Waals surface area contributed by atoms with Gasteiger partial charge in [0.1, 0.15) is 0 Å². The number of carbonyl (C=O) groups excluding carboxylic acids is 1. The van der Waals surface area contributed by atoms with Crippen molar-refractivity contribution in [3.63, 3.8) is 0 Å². The second-order valence-corrected chi connectivity index (χ2v) is 8.46. The van der Waals surface area contributed by atoms with Crippen LogP contribution in [0.2, 0.25) is 0 Å². The Balaban J connectivity index is 1.46. The maximum Gasteiger partial charge on any atom is 0.264 e. The number of β-amino-alcohol motifs (C(OH)–C–C–N with tert-alkyl or cyclic N) is 2. The summed E-state index contributed by atoms with van der Waals surface area (Å²) in [4.78, 5) is 22.5. The van der Waals surface area contributed by atoms with Crippen LogP contribution in [0.5, 0.6) is 0 Å². The predicted molar refractivity (Wildman–Crippen MR) is 114 cm³/mol. The van der Waals surface area contributed by atoms with Crippen LogP contribution < -0.4 is 5.32 Å². The van der Waals surface area contributed by atoms with Crippen LogP contribution in [0.3, 0.4) is 0 Å². The molecule has 0 spiro atoms. The van der Waals surface area contributed by atoms with Gasteiger partial charge in [-0.25, -0.2) is 0 Å². The fourth-order valence-electron chi connectivity index (χ4n) is 3.74. The number of aryl methyl sites for hydroxylation is 1. The Labute approximate surface area is 170 Å². The van der Waals surface area contributed by atoms with Crippen molar-refractivity contribution in [3.05, 3.63) is 53.2 Å². The summed E-state index contributed by atoms with van der Waals surface area (Å²) in [6.07, 6.45) is -0.0696. The molecule has 0 bridgehead atoms. The van der Waals surface area contributed by atoms with Gasteiger partial charge >= 0.3 is 0 Å². The van der Waals surface area contributed by atoms with E-state index in [1.807, 2.05) is 25.1 Å². The first-order chi connectivity index (χ1) is 14.0. The van der Waals surface area contributed by atoms with E-state index >= 15 is 0 Å². The maximum atomic E-state index is 12.8. The molecule has 3 aromatic heterocycles. The molecule has 1 amide bonds. The predicted octanol–water partition coefficient (Wildman–Crippen LogP) is 3.01. The molecule has 0 unspecified atom stereocenters. The highest BCUT2D eigenvalue weighted by Crippen LogP contribution is 2.34. The normalized spacial score (nSPS) is 19.3. The lowest BCUT2D eigenvalue weighted by molar-refractivity contribution is 0.0572. The molecule has 8 heteroatoms. The lowest BCUT2D eigenvalue weighted by atomic mass is 10.2. The summed E-state index contributed by atoms with van der Waals surface area (Å²) in [6.45, 7) is 2.31. The third kappa shape index (κ3) is 3.25. The fourth-order valence-corrected chi connectivity index (χ4v) is 4.80. The number of aliphatic hydroxyl groups excluding tert-OH is 2. The second-order valence-electron chi connectivity index (χ2n) is 7.41. The van der Waals surface area contributed by atoms with Crippen LogP contribution in [0, 0.1) is 6.92 Å². The van der Waals surface area contributed by atoms with Gasteiger partial charge in [0.15, 0.2) is 0 Å². The van der Waals surface area contributed by atoms with E-state index in [9.17, 15) is 15.0 Å². The van der Waals surface area contributed by atoms with Gasteiger partial charge in [-0.3, -0.25) is 9.78 Å². The number of thiophene rings is 1. The molecule has 7 nitrogen and oxygen atoms in total. The number of benzene rings is 1. The number of aliphatic hydroxyl groups is 2. The van der Waals surface area contributed by atoms with Gasteiger partial charge in [0.05, 0.1) is 33.0 Å². The summed E-state index contributed by atoms with van der Waals surface area (Å²) in [5.41, 5.74) is 4.78. The van der Waals surface area contributed by atoms with Crippen LogP contribution in [0.1, 0.15) is 15.4 Å². The summed E-state index contributed by atoms with van der Waals surface area (Å²) >= 11 is 1.36. The van der Waals surface area contributed by atoms with E-state index in [4.69, 9.17) is 0 Å². The molecule has 2 atom stereocenters. The number of amides is 1. The van der Waals surface area contributed by atoms with Crippen LogP contribution in [0.4, 0.5) is 11.4 Å². The van der Waals surface area contributed by atoms with Gasteiger partial charge in [0, 0.05) is 41.6 Å². The van der Waals surface area contributed by atoms with E-state index in [1.54, 1.807) is 12.3 Å². The van der Waals surface area contributed by atoms with E-state index in [0.717, 1.165) is 38.2 Å². The highest BCUT2D eigenvalue weighted by atomic mass is 32.1. The quantitative estimate of drug-likeness (QED) is 0.417. The Hall–Kier alpha value is -2.94. The van der Waals surface area contributed by atoms with E-state index in [-0.39, 0.29) is 19.0 Å². The zero-order valence-corrected chi connectivity index (χ0v) is 16.5. The average Bonchev–Trinajstić information content (AvgIpc) is 3.37. The molecule has 1 aliphatic heterocycles. The van der Waals surface area contributed by atoms with E-state index in [0.29, 0.717) is 4.88 Å². The molecule has 1 aliphatic rings. The van der Waals surface area contributed by atoms with Crippen molar-refractivity contribution >= 4 is 49.7 Å². The fraction of sp³-hybridized carbons (Fsp3) is 0.238. The van der Waals surface area contributed by atoms with E-state index in [1.165, 1.54) is 16.2 Å². The second kappa shape index (κ2) is 6.84. The zero-order chi connectivity index (χ0) is 20.1. The minimum absolute atomic E-state index is 0.142. The van der Waals surface area contributed by atoms with Crippen molar-refractivity contribution in [2.45, 2.75) is 19.1 Å². The van der Waals surface area contributed by atoms with Gasteiger partial charge in [0.2, 0.25) is 0 Å². The molecule has 4 N–H and O–H groups in total. The number of aromatic amines is 1. The van der Waals surface area contributed by atoms with Gasteiger partial charge in [-0.05, 0) is 43.3 Å². The first-order valence-electron chi connectivity index (χ1n) is 9.38. The number of anilines is 2. The smallest absolute Gasteiger partial charge is 0.264 e. The molecule has 0 aliphatic carbocycles. The third-order valence-electron chi connectivity index (χ3n) is 5.20. The van der Waals surface area contributed by atoms with Crippen LogP contribution in [-0.2, 0) is 0 Å². The average molecular weight is 408 g/mol. The number of nitrogens with one attached hydrogen (secondary N) is 2. The van der Waals surface area contributed by atoms with Crippen LogP contribution in [0.15, 0.2) is 42.6 Å². The maximum absolute atomic E-state index is 12.8. The summed E-state index contributed by atoms with van der Waals surface area (Å²) < 4.78 is 0.890. The summed E-state index contributed by atoms with van der Waals surface area (Å²) in [5, 5.41) is 24.0. The van der Waals surface area contributed by atoms with Crippen molar-refractivity contribution in [1.29, 1.82) is 0 Å². The molecule has 1 fully saturated rings. The van der Waals surface area contributed by atoms with Gasteiger partial charge in [-0.1, -0.05) is 0 Å². The Bertz CT molecular complexity index is 1220. The van der Waals surface area contributed by atoms with Crippen LogP contribution in [0.25, 0.3) is 21.1 Å². The van der Waals surface area contributed by atoms with Crippen molar-refractivity contribution in [2.75, 3.05) is 18.4 Å². The molecule has 0 saturated carbocycles. The molecule has 5 rings (SSSR count). The number of hydrogen-bond donors (Lipinski definition) is 4. The molecular formula is C21H20N4O3S. The number of likely N-dealkylation sites (tertiary alicyclic amines) is 1. The Morgan fingerprint density at radius 3 is 2.79 bits per heavy atom. The Morgan fingerprint density at radius 1 is 1.21 bits per heavy atom. The summed E-state index contributed by atoms with van der Waals surface area (Å²) in [5.74, 6) is -0.196. The van der Waals surface area contributed by atoms with Crippen molar-refractivity contribution in [1.82, 2.24) is 14.9 Å². The number of carbonyl (C=O) groups is 1. The summed E-state index contributed by atoms with van der Waals surface area (Å²) in [7, 11) is 0. The van der Waals surface area contributed by atoms with Crippen LogP contribution >= 0.6 is 11.3 Å². The first-order valence-corrected chi connectivity index (χ1v) is 10.2. The SMILES string of the molecule is Cc1cc2cc(Nc3ccnc4cc(C(=O)N5C[C@@H](O)[C@H](O)C5)sc34)ccc2[nH]1. The molecular weight excluding hydrogens is 388 g/mol. The topological polar surface area (TPSA) is 101 Å². The molecule has 4 aromatic rings. The van der Waals surface area contributed by atoms with Gasteiger partial charge in [-0.2, -0.15) is 0 Å². The lowest BCUT2D eigenvalue weighted by Gasteiger charge is -2.13. The lowest BCUT2D eigenvalue weighted by Crippen LogP contribution is -2.29. The zero-order valence-electron chi connectivity index (χ0n) is 15.7. The van der Waals surface area contributed by atoms with Crippen molar-refractivity contribution < 1.29 is 15.0 Å². The minimum Gasteiger partial charge on any atom is -0.388 e. The number of rotatable bonds is 3. The van der Waals surface area contributed by atoms with Crippen LogP contribution in [-0.4, -0.2) is 56.3 Å². The van der Waals surface area contributed by atoms with E-state index in [2.05, 4.69) is 27.4 Å². The summed E-state index contributed by atoms with van der Waals surface area (Å²) in [6, 6.07) is 11.9.